The number of pyridine rings is 1. The molecular weight excluding hydrogens is 280 g/mol. The van der Waals surface area contributed by atoms with E-state index in [1.807, 2.05) is 6.92 Å². The van der Waals surface area contributed by atoms with Crippen LogP contribution >= 0.6 is 0 Å². The van der Waals surface area contributed by atoms with Gasteiger partial charge in [0.25, 0.3) is 0 Å². The standard InChI is InChI=1S/C13H20N2O4S/c1-3-9-15(11-13(16)19-2)20(17,18)10-6-12-4-7-14-8-5-12/h4-5,7-8H,3,6,9-11H2,1-2H3. The predicted octanol–water partition coefficient (Wildman–Crippen LogP) is 0.839. The molecule has 1 rings (SSSR count). The molecule has 0 saturated heterocycles. The van der Waals surface area contributed by atoms with E-state index in [9.17, 15) is 13.2 Å². The quantitative estimate of drug-likeness (QED) is 0.665. The van der Waals surface area contributed by atoms with Crippen LogP contribution in [0.3, 0.4) is 0 Å². The normalized spacial score (nSPS) is 11.6. The largest absolute Gasteiger partial charge is 0.468 e. The number of ether oxygens (including phenoxy) is 1. The summed E-state index contributed by atoms with van der Waals surface area (Å²) in [5.41, 5.74) is 0.901. The number of aromatic nitrogens is 1. The molecule has 6 nitrogen and oxygen atoms in total. The Bertz CT molecular complexity index is 516. The van der Waals surface area contributed by atoms with Gasteiger partial charge in [0.1, 0.15) is 6.54 Å². The minimum absolute atomic E-state index is 0.0337. The average molecular weight is 300 g/mol. The first-order valence-corrected chi connectivity index (χ1v) is 8.04. The lowest BCUT2D eigenvalue weighted by atomic mass is 10.2. The van der Waals surface area contributed by atoms with E-state index in [1.54, 1.807) is 24.5 Å². The third-order valence-corrected chi connectivity index (χ3v) is 4.62. The number of hydrogen-bond acceptors (Lipinski definition) is 5. The molecule has 0 aliphatic rings. The minimum atomic E-state index is -3.48. The van der Waals surface area contributed by atoms with Crippen molar-refractivity contribution in [3.05, 3.63) is 30.1 Å². The van der Waals surface area contributed by atoms with Crippen LogP contribution < -0.4 is 0 Å². The summed E-state index contributed by atoms with van der Waals surface area (Å²) in [7, 11) is -2.23. The van der Waals surface area contributed by atoms with E-state index in [0.717, 1.165) is 5.56 Å². The van der Waals surface area contributed by atoms with Crippen LogP contribution in [0.5, 0.6) is 0 Å². The number of rotatable bonds is 8. The van der Waals surface area contributed by atoms with Gasteiger partial charge in [-0.25, -0.2) is 8.42 Å². The number of carbonyl (C=O) groups is 1. The van der Waals surface area contributed by atoms with Crippen LogP contribution in [0.25, 0.3) is 0 Å². The number of carbonyl (C=O) groups excluding carboxylic acids is 1. The van der Waals surface area contributed by atoms with Crippen LogP contribution in [0.1, 0.15) is 18.9 Å². The van der Waals surface area contributed by atoms with E-state index in [0.29, 0.717) is 19.4 Å². The number of hydrogen-bond donors (Lipinski definition) is 0. The summed E-state index contributed by atoms with van der Waals surface area (Å²) in [5.74, 6) is -0.584. The summed E-state index contributed by atoms with van der Waals surface area (Å²) in [6.07, 6.45) is 4.29. The van der Waals surface area contributed by atoms with Crippen molar-refractivity contribution in [2.45, 2.75) is 19.8 Å². The van der Waals surface area contributed by atoms with E-state index in [4.69, 9.17) is 0 Å². The highest BCUT2D eigenvalue weighted by Gasteiger charge is 2.23. The molecule has 0 aromatic carbocycles. The van der Waals surface area contributed by atoms with Crippen LogP contribution in [0.4, 0.5) is 0 Å². The Balaban J connectivity index is 2.70. The van der Waals surface area contributed by atoms with Crippen LogP contribution in [0, 0.1) is 0 Å². The van der Waals surface area contributed by atoms with Gasteiger partial charge in [-0.3, -0.25) is 9.78 Å². The second kappa shape index (κ2) is 7.96. The fraction of sp³-hybridized carbons (Fsp3) is 0.538. The predicted molar refractivity (Wildman–Crippen MR) is 75.6 cm³/mol. The maximum Gasteiger partial charge on any atom is 0.321 e. The molecule has 0 aliphatic heterocycles. The zero-order valence-electron chi connectivity index (χ0n) is 11.8. The van der Waals surface area contributed by atoms with E-state index in [2.05, 4.69) is 9.72 Å². The summed E-state index contributed by atoms with van der Waals surface area (Å²) < 4.78 is 30.2. The lowest BCUT2D eigenvalue weighted by Crippen LogP contribution is -2.38. The van der Waals surface area contributed by atoms with Gasteiger partial charge in [0.15, 0.2) is 0 Å². The SMILES string of the molecule is CCCN(CC(=O)OC)S(=O)(=O)CCc1ccncc1. The lowest BCUT2D eigenvalue weighted by Gasteiger charge is -2.20. The van der Waals surface area contributed by atoms with Gasteiger partial charge < -0.3 is 4.74 Å². The summed E-state index contributed by atoms with van der Waals surface area (Å²) in [4.78, 5) is 15.2. The molecule has 1 aromatic heterocycles. The highest BCUT2D eigenvalue weighted by atomic mass is 32.2. The lowest BCUT2D eigenvalue weighted by molar-refractivity contribution is -0.140. The van der Waals surface area contributed by atoms with Gasteiger partial charge in [-0.15, -0.1) is 0 Å². The van der Waals surface area contributed by atoms with Crippen molar-refractivity contribution in [3.8, 4) is 0 Å². The molecule has 0 amide bonds. The van der Waals surface area contributed by atoms with Gasteiger partial charge in [-0.05, 0) is 30.5 Å². The molecule has 0 spiro atoms. The molecule has 0 N–H and O–H groups in total. The van der Waals surface area contributed by atoms with Crippen molar-refractivity contribution in [3.63, 3.8) is 0 Å². The van der Waals surface area contributed by atoms with E-state index in [1.165, 1.54) is 11.4 Å². The van der Waals surface area contributed by atoms with Crippen molar-refractivity contribution in [2.75, 3.05) is 26.0 Å². The van der Waals surface area contributed by atoms with Gasteiger partial charge >= 0.3 is 5.97 Å². The Morgan fingerprint density at radius 1 is 1.35 bits per heavy atom. The first-order chi connectivity index (χ1) is 9.49. The molecule has 20 heavy (non-hydrogen) atoms. The summed E-state index contributed by atoms with van der Waals surface area (Å²) in [6.45, 7) is 1.94. The second-order valence-corrected chi connectivity index (χ2v) is 6.42. The highest BCUT2D eigenvalue weighted by molar-refractivity contribution is 7.89. The first-order valence-electron chi connectivity index (χ1n) is 6.43. The molecule has 0 atom stereocenters. The Morgan fingerprint density at radius 2 is 2.00 bits per heavy atom. The third kappa shape index (κ3) is 5.26. The fourth-order valence-electron chi connectivity index (χ4n) is 1.70. The molecule has 1 aromatic rings. The second-order valence-electron chi connectivity index (χ2n) is 4.33. The Hall–Kier alpha value is -1.47. The van der Waals surface area contributed by atoms with Gasteiger partial charge in [-0.1, -0.05) is 6.92 Å². The summed E-state index contributed by atoms with van der Waals surface area (Å²) in [6, 6.07) is 3.56. The maximum absolute atomic E-state index is 12.2. The van der Waals surface area contributed by atoms with Gasteiger partial charge in [0.2, 0.25) is 10.0 Å². The molecule has 0 fully saturated rings. The molecule has 1 heterocycles. The van der Waals surface area contributed by atoms with Crippen molar-refractivity contribution in [1.82, 2.24) is 9.29 Å². The third-order valence-electron chi connectivity index (χ3n) is 2.80. The zero-order valence-corrected chi connectivity index (χ0v) is 12.6. The van der Waals surface area contributed by atoms with Crippen molar-refractivity contribution in [1.29, 1.82) is 0 Å². The summed E-state index contributed by atoms with van der Waals surface area (Å²) >= 11 is 0. The van der Waals surface area contributed by atoms with E-state index < -0.39 is 16.0 Å². The van der Waals surface area contributed by atoms with Gasteiger partial charge in [0.05, 0.1) is 12.9 Å². The smallest absolute Gasteiger partial charge is 0.321 e. The van der Waals surface area contributed by atoms with E-state index in [-0.39, 0.29) is 12.3 Å². The minimum Gasteiger partial charge on any atom is -0.468 e. The van der Waals surface area contributed by atoms with Crippen molar-refractivity contribution >= 4 is 16.0 Å². The maximum atomic E-state index is 12.2. The van der Waals surface area contributed by atoms with Gasteiger partial charge in [-0.2, -0.15) is 4.31 Å². The van der Waals surface area contributed by atoms with Crippen molar-refractivity contribution in [2.24, 2.45) is 0 Å². The molecule has 0 saturated carbocycles. The van der Waals surface area contributed by atoms with Crippen LogP contribution in [-0.2, 0) is 26.0 Å². The Labute approximate surface area is 119 Å². The molecule has 0 bridgehead atoms. The zero-order chi connectivity index (χ0) is 15.0. The molecule has 0 radical (unpaired) electrons. The number of sulfonamides is 1. The topological polar surface area (TPSA) is 76.6 Å². The fourth-order valence-corrected chi connectivity index (χ4v) is 3.21. The number of aryl methyl sites for hydroxylation is 1. The number of nitrogens with zero attached hydrogens (tertiary/aromatic N) is 2. The monoisotopic (exact) mass is 300 g/mol. The van der Waals surface area contributed by atoms with Gasteiger partial charge in [0, 0.05) is 18.9 Å². The van der Waals surface area contributed by atoms with Crippen LogP contribution in [0.15, 0.2) is 24.5 Å². The number of esters is 1. The molecule has 0 unspecified atom stereocenters. The average Bonchev–Trinajstić information content (AvgIpc) is 2.45. The summed E-state index contributed by atoms with van der Waals surface area (Å²) in [5, 5.41) is 0. The molecular formula is C13H20N2O4S. The Morgan fingerprint density at radius 3 is 2.55 bits per heavy atom. The molecule has 112 valence electrons. The molecule has 7 heteroatoms. The van der Waals surface area contributed by atoms with Crippen molar-refractivity contribution < 1.29 is 17.9 Å². The Kier molecular flexibility index (Phi) is 6.60. The van der Waals surface area contributed by atoms with Crippen LogP contribution in [-0.4, -0.2) is 49.6 Å². The highest BCUT2D eigenvalue weighted by Crippen LogP contribution is 2.07. The first kappa shape index (κ1) is 16.6. The van der Waals surface area contributed by atoms with E-state index >= 15 is 0 Å². The van der Waals surface area contributed by atoms with Crippen LogP contribution in [0.2, 0.25) is 0 Å². The molecule has 0 aliphatic carbocycles. The number of methoxy groups -OCH3 is 1.